The predicted octanol–water partition coefficient (Wildman–Crippen LogP) is 6.39. The van der Waals surface area contributed by atoms with Crippen molar-refractivity contribution < 1.29 is 23.9 Å². The van der Waals surface area contributed by atoms with Crippen LogP contribution in [0.15, 0.2) is 47.0 Å². The number of carbonyl (C=O) groups is 1. The van der Waals surface area contributed by atoms with Crippen LogP contribution in [0.4, 0.5) is 4.79 Å². The van der Waals surface area contributed by atoms with E-state index in [1.165, 1.54) is 31.2 Å². The zero-order chi connectivity index (χ0) is 25.8. The zero-order valence-corrected chi connectivity index (χ0v) is 21.7. The molecule has 2 aromatic carbocycles. The number of methoxy groups -OCH3 is 1. The molecule has 1 aliphatic carbocycles. The summed E-state index contributed by atoms with van der Waals surface area (Å²) in [7, 11) is 1.57. The Morgan fingerprint density at radius 3 is 2.49 bits per heavy atom. The van der Waals surface area contributed by atoms with Crippen molar-refractivity contribution >= 4 is 17.8 Å². The minimum atomic E-state index is -1.25. The van der Waals surface area contributed by atoms with Gasteiger partial charge in [-0.25, -0.2) is 4.79 Å². The molecular formula is C28H32ClN3O5. The Kier molecular flexibility index (Phi) is 7.79. The number of piperidine rings is 1. The molecule has 1 aliphatic heterocycles. The van der Waals surface area contributed by atoms with Crippen molar-refractivity contribution in [2.24, 2.45) is 0 Å². The number of carboxylic acid groups (broad SMARTS) is 1. The van der Waals surface area contributed by atoms with Crippen LogP contribution in [0, 0.1) is 0 Å². The quantitative estimate of drug-likeness (QED) is 0.338. The molecular weight excluding hydrogens is 494 g/mol. The van der Waals surface area contributed by atoms with E-state index in [2.05, 4.69) is 33.2 Å². The Labute approximate surface area is 221 Å². The highest BCUT2D eigenvalue weighted by atomic mass is 35.5. The maximum atomic E-state index is 11.1. The average molecular weight is 526 g/mol. The molecule has 0 atom stereocenters. The van der Waals surface area contributed by atoms with Gasteiger partial charge in [0.1, 0.15) is 5.60 Å². The number of rotatable bonds is 8. The number of nitrogens with zero attached hydrogens (tertiary/aromatic N) is 3. The highest BCUT2D eigenvalue weighted by Crippen LogP contribution is 2.39. The summed E-state index contributed by atoms with van der Waals surface area (Å²) in [6, 6.07) is 14.1. The van der Waals surface area contributed by atoms with Crippen LogP contribution in [-0.4, -0.2) is 58.7 Å². The van der Waals surface area contributed by atoms with E-state index >= 15 is 0 Å². The molecule has 8 nitrogen and oxygen atoms in total. The Morgan fingerprint density at radius 2 is 1.84 bits per heavy atom. The van der Waals surface area contributed by atoms with Gasteiger partial charge >= 0.3 is 6.16 Å². The molecule has 1 N–H and O–H groups in total. The van der Waals surface area contributed by atoms with E-state index in [0.717, 1.165) is 41.3 Å². The van der Waals surface area contributed by atoms with Gasteiger partial charge in [-0.1, -0.05) is 59.9 Å². The van der Waals surface area contributed by atoms with E-state index in [4.69, 9.17) is 30.7 Å². The summed E-state index contributed by atoms with van der Waals surface area (Å²) in [4.78, 5) is 18.0. The number of hydrogen-bond donors (Lipinski definition) is 1. The smallest absolute Gasteiger partial charge is 0.450 e. The van der Waals surface area contributed by atoms with Crippen molar-refractivity contribution in [2.45, 2.75) is 56.6 Å². The van der Waals surface area contributed by atoms with Crippen molar-refractivity contribution in [1.82, 2.24) is 15.0 Å². The van der Waals surface area contributed by atoms with Gasteiger partial charge in [0.05, 0.1) is 6.61 Å². The first-order chi connectivity index (χ1) is 17.9. The maximum Gasteiger partial charge on any atom is 0.506 e. The summed E-state index contributed by atoms with van der Waals surface area (Å²) >= 11 is 6.60. The summed E-state index contributed by atoms with van der Waals surface area (Å²) in [6.07, 6.45) is 4.88. The van der Waals surface area contributed by atoms with E-state index in [-0.39, 0.29) is 6.61 Å². The monoisotopic (exact) mass is 525 g/mol. The number of halogens is 1. The van der Waals surface area contributed by atoms with Gasteiger partial charge in [0, 0.05) is 55.7 Å². The molecule has 2 aliphatic rings. The first-order valence-electron chi connectivity index (χ1n) is 12.8. The third-order valence-corrected chi connectivity index (χ3v) is 7.89. The second kappa shape index (κ2) is 11.2. The van der Waals surface area contributed by atoms with E-state index in [9.17, 15) is 4.79 Å². The Morgan fingerprint density at radius 1 is 1.14 bits per heavy atom. The van der Waals surface area contributed by atoms with E-state index in [0.29, 0.717) is 30.5 Å². The summed E-state index contributed by atoms with van der Waals surface area (Å²) in [5.41, 5.74) is 3.30. The topological polar surface area (TPSA) is 97.9 Å². The molecule has 2 heterocycles. The highest BCUT2D eigenvalue weighted by Gasteiger charge is 2.38. The van der Waals surface area contributed by atoms with Gasteiger partial charge in [0.2, 0.25) is 5.82 Å². The van der Waals surface area contributed by atoms with Gasteiger partial charge in [0.25, 0.3) is 5.89 Å². The van der Waals surface area contributed by atoms with Gasteiger partial charge in [-0.15, -0.1) is 0 Å². The second-order valence-electron chi connectivity index (χ2n) is 10.1. The lowest BCUT2D eigenvalue weighted by atomic mass is 9.91. The maximum absolute atomic E-state index is 11.1. The molecule has 2 fully saturated rings. The van der Waals surface area contributed by atoms with Crippen molar-refractivity contribution in [1.29, 1.82) is 0 Å². The molecule has 196 valence electrons. The van der Waals surface area contributed by atoms with Gasteiger partial charge in [0.15, 0.2) is 0 Å². The van der Waals surface area contributed by atoms with E-state index in [1.54, 1.807) is 7.11 Å². The first-order valence-corrected chi connectivity index (χ1v) is 13.2. The Bertz CT molecular complexity index is 1210. The number of aromatic nitrogens is 2. The first kappa shape index (κ1) is 25.7. The molecule has 0 bridgehead atoms. The minimum absolute atomic E-state index is 0.269. The summed E-state index contributed by atoms with van der Waals surface area (Å²) in [6.45, 7) is 2.49. The van der Waals surface area contributed by atoms with Crippen LogP contribution in [0.1, 0.15) is 55.6 Å². The minimum Gasteiger partial charge on any atom is -0.450 e. The fraction of sp³-hybridized carbons (Fsp3) is 0.464. The van der Waals surface area contributed by atoms with Gasteiger partial charge in [-0.05, 0) is 42.0 Å². The normalized spacial score (nSPS) is 18.2. The van der Waals surface area contributed by atoms with Gasteiger partial charge < -0.3 is 19.1 Å². The lowest BCUT2D eigenvalue weighted by molar-refractivity contribution is -0.0937. The average Bonchev–Trinajstić information content (AvgIpc) is 3.59. The number of ether oxygens (including phenoxy) is 2. The zero-order valence-electron chi connectivity index (χ0n) is 21.0. The number of likely N-dealkylation sites (tertiary alicyclic amines) is 1. The molecule has 0 spiro atoms. The van der Waals surface area contributed by atoms with Gasteiger partial charge in [-0.2, -0.15) is 4.98 Å². The highest BCUT2D eigenvalue weighted by molar-refractivity contribution is 6.31. The lowest BCUT2D eigenvalue weighted by Gasteiger charge is -2.39. The lowest BCUT2D eigenvalue weighted by Crippen LogP contribution is -2.49. The van der Waals surface area contributed by atoms with Crippen LogP contribution in [0.3, 0.4) is 0 Å². The van der Waals surface area contributed by atoms with Gasteiger partial charge in [-0.3, -0.25) is 4.90 Å². The predicted molar refractivity (Wildman–Crippen MR) is 140 cm³/mol. The van der Waals surface area contributed by atoms with Crippen molar-refractivity contribution in [2.75, 3.05) is 26.8 Å². The van der Waals surface area contributed by atoms with Crippen LogP contribution in [0.5, 0.6) is 0 Å². The Hall–Kier alpha value is -2.94. The molecule has 0 amide bonds. The summed E-state index contributed by atoms with van der Waals surface area (Å²) in [5.74, 6) is 1.54. The Balaban J connectivity index is 1.20. The molecule has 1 saturated heterocycles. The second-order valence-corrected chi connectivity index (χ2v) is 10.5. The molecule has 1 saturated carbocycles. The van der Waals surface area contributed by atoms with Crippen LogP contribution < -0.4 is 0 Å². The standard InChI is InChI=1S/C28H32ClN3O5/c1-35-18-28(36-27(33)34)12-14-32(15-13-28)17-19-6-8-21(9-7-19)25-30-26(37-31-25)22-10-11-23(24(29)16-22)20-4-2-3-5-20/h6-11,16,20H,2-5,12-15,17-18H2,1H3,(H,33,34). The van der Waals surface area contributed by atoms with Crippen LogP contribution in [0.25, 0.3) is 22.8 Å². The number of benzene rings is 2. The third-order valence-electron chi connectivity index (χ3n) is 7.57. The molecule has 1 aromatic heterocycles. The van der Waals surface area contributed by atoms with Crippen LogP contribution in [0.2, 0.25) is 5.02 Å². The fourth-order valence-corrected chi connectivity index (χ4v) is 5.88. The third kappa shape index (κ3) is 5.98. The molecule has 9 heteroatoms. The van der Waals surface area contributed by atoms with Crippen LogP contribution in [-0.2, 0) is 16.0 Å². The van der Waals surface area contributed by atoms with Crippen molar-refractivity contribution in [3.8, 4) is 22.8 Å². The molecule has 3 aromatic rings. The fourth-order valence-electron chi connectivity index (χ4n) is 5.55. The SMILES string of the molecule is COCC1(OC(=O)O)CCN(Cc2ccc(-c3noc(-c4ccc(C5CCCC5)c(Cl)c4)n3)cc2)CC1. The van der Waals surface area contributed by atoms with Crippen molar-refractivity contribution in [3.63, 3.8) is 0 Å². The van der Waals surface area contributed by atoms with E-state index in [1.807, 2.05) is 24.3 Å². The summed E-state index contributed by atoms with van der Waals surface area (Å²) < 4.78 is 16.0. The van der Waals surface area contributed by atoms with Crippen molar-refractivity contribution in [3.05, 3.63) is 58.6 Å². The largest absolute Gasteiger partial charge is 0.506 e. The van der Waals surface area contributed by atoms with Crippen LogP contribution >= 0.6 is 11.6 Å². The molecule has 0 radical (unpaired) electrons. The molecule has 37 heavy (non-hydrogen) atoms. The summed E-state index contributed by atoms with van der Waals surface area (Å²) in [5, 5.41) is 14.0. The van der Waals surface area contributed by atoms with E-state index < -0.39 is 11.8 Å². The molecule has 5 rings (SSSR count). The molecule has 0 unspecified atom stereocenters. The number of hydrogen-bond acceptors (Lipinski definition) is 7.